The number of nitrogens with zero attached hydrogens (tertiary/aromatic N) is 1. The normalized spacial score (nSPS) is 20.5. The first-order valence-corrected chi connectivity index (χ1v) is 7.08. The first-order chi connectivity index (χ1) is 10.4. The van der Waals surface area contributed by atoms with E-state index in [1.54, 1.807) is 24.3 Å². The molecule has 1 amide bonds. The molecule has 2 unspecified atom stereocenters. The molecular weight excluding hydrogens is 299 g/mol. The number of benzene rings is 1. The van der Waals surface area contributed by atoms with Gasteiger partial charge >= 0.3 is 12.3 Å². The van der Waals surface area contributed by atoms with Crippen LogP contribution in [0.1, 0.15) is 18.4 Å². The van der Waals surface area contributed by atoms with Crippen LogP contribution < -0.4 is 0 Å². The minimum absolute atomic E-state index is 0.0721. The molecule has 0 aromatic heterocycles. The minimum Gasteiger partial charge on any atom is -0.445 e. The maximum atomic E-state index is 12.5. The van der Waals surface area contributed by atoms with Crippen molar-refractivity contribution in [3.8, 4) is 0 Å². The van der Waals surface area contributed by atoms with Crippen molar-refractivity contribution in [2.75, 3.05) is 13.1 Å². The summed E-state index contributed by atoms with van der Waals surface area (Å²) >= 11 is 0. The minimum atomic E-state index is -4.67. The predicted molar refractivity (Wildman–Crippen MR) is 73.0 cm³/mol. The summed E-state index contributed by atoms with van der Waals surface area (Å²) in [7, 11) is 0. The Balaban J connectivity index is 1.87. The molecule has 1 N–H and O–H groups in total. The zero-order chi connectivity index (χ0) is 16.2. The van der Waals surface area contributed by atoms with E-state index in [4.69, 9.17) is 4.74 Å². The van der Waals surface area contributed by atoms with Crippen molar-refractivity contribution in [2.24, 2.45) is 5.92 Å². The Morgan fingerprint density at radius 1 is 1.36 bits per heavy atom. The number of carbonyl (C=O) groups excluding carboxylic acids is 1. The summed E-state index contributed by atoms with van der Waals surface area (Å²) in [5.41, 5.74) is 0.805. The van der Waals surface area contributed by atoms with Crippen molar-refractivity contribution in [1.29, 1.82) is 0 Å². The summed E-state index contributed by atoms with van der Waals surface area (Å²) in [4.78, 5) is 13.2. The number of hydrogen-bond donors (Lipinski definition) is 1. The lowest BCUT2D eigenvalue weighted by Gasteiger charge is -2.34. The smallest absolute Gasteiger partial charge is 0.414 e. The average molecular weight is 317 g/mol. The van der Waals surface area contributed by atoms with Gasteiger partial charge in [-0.15, -0.1) is 0 Å². The third-order valence-electron chi connectivity index (χ3n) is 3.70. The molecule has 1 aromatic rings. The number of hydrogen-bond acceptors (Lipinski definition) is 3. The van der Waals surface area contributed by atoms with E-state index in [1.807, 2.05) is 6.07 Å². The molecule has 22 heavy (non-hydrogen) atoms. The number of likely N-dealkylation sites (tertiary alicyclic amines) is 1. The Hall–Kier alpha value is -1.76. The quantitative estimate of drug-likeness (QED) is 0.932. The van der Waals surface area contributed by atoms with E-state index in [9.17, 15) is 23.1 Å². The number of piperidine rings is 1. The van der Waals surface area contributed by atoms with E-state index < -0.39 is 24.3 Å². The van der Waals surface area contributed by atoms with Gasteiger partial charge in [-0.2, -0.15) is 13.2 Å². The highest BCUT2D eigenvalue weighted by Crippen LogP contribution is 2.31. The van der Waals surface area contributed by atoms with Crippen LogP contribution in [-0.2, 0) is 11.3 Å². The molecular formula is C15H18F3NO3. The maximum Gasteiger partial charge on any atom is 0.414 e. The molecule has 7 heteroatoms. The number of aliphatic hydroxyl groups is 1. The molecule has 2 rings (SSSR count). The Morgan fingerprint density at radius 2 is 2.05 bits per heavy atom. The van der Waals surface area contributed by atoms with Crippen LogP contribution in [0.3, 0.4) is 0 Å². The summed E-state index contributed by atoms with van der Waals surface area (Å²) in [6, 6.07) is 9.03. The molecule has 0 spiro atoms. The fraction of sp³-hybridized carbons (Fsp3) is 0.533. The lowest BCUT2D eigenvalue weighted by atomic mass is 9.92. The van der Waals surface area contributed by atoms with Gasteiger partial charge in [0.2, 0.25) is 0 Å². The number of amides is 1. The second-order valence-electron chi connectivity index (χ2n) is 5.37. The van der Waals surface area contributed by atoms with Gasteiger partial charge in [0.1, 0.15) is 6.61 Å². The molecule has 122 valence electrons. The lowest BCUT2D eigenvalue weighted by Crippen LogP contribution is -2.47. The highest BCUT2D eigenvalue weighted by Gasteiger charge is 2.45. The van der Waals surface area contributed by atoms with E-state index in [-0.39, 0.29) is 19.6 Å². The lowest BCUT2D eigenvalue weighted by molar-refractivity contribution is -0.223. The zero-order valence-corrected chi connectivity index (χ0v) is 11.9. The number of carbonyl (C=O) groups is 1. The van der Waals surface area contributed by atoms with Gasteiger partial charge in [0.25, 0.3) is 0 Å². The second-order valence-corrected chi connectivity index (χ2v) is 5.37. The van der Waals surface area contributed by atoms with Crippen molar-refractivity contribution in [1.82, 2.24) is 4.90 Å². The highest BCUT2D eigenvalue weighted by atomic mass is 19.4. The SMILES string of the molecule is O=C(OCc1ccccc1)N1CCCC(C(O)C(F)(F)F)C1. The molecule has 0 radical (unpaired) electrons. The van der Waals surface area contributed by atoms with Crippen LogP contribution in [0.5, 0.6) is 0 Å². The Bertz CT molecular complexity index is 493. The molecule has 1 saturated heterocycles. The summed E-state index contributed by atoms with van der Waals surface area (Å²) in [5, 5.41) is 9.31. The van der Waals surface area contributed by atoms with E-state index in [1.165, 1.54) is 4.90 Å². The van der Waals surface area contributed by atoms with Crippen LogP contribution in [0.25, 0.3) is 0 Å². The number of aliphatic hydroxyl groups excluding tert-OH is 1. The van der Waals surface area contributed by atoms with Gasteiger partial charge in [-0.25, -0.2) is 4.79 Å². The zero-order valence-electron chi connectivity index (χ0n) is 11.9. The molecule has 1 aromatic carbocycles. The molecule has 0 bridgehead atoms. The Kier molecular flexibility index (Phi) is 5.28. The topological polar surface area (TPSA) is 49.8 Å². The molecule has 0 saturated carbocycles. The molecule has 1 heterocycles. The number of halogens is 3. The first-order valence-electron chi connectivity index (χ1n) is 7.08. The summed E-state index contributed by atoms with van der Waals surface area (Å²) in [5.74, 6) is -1.00. The third-order valence-corrected chi connectivity index (χ3v) is 3.70. The average Bonchev–Trinajstić information content (AvgIpc) is 2.52. The largest absolute Gasteiger partial charge is 0.445 e. The van der Waals surface area contributed by atoms with Crippen LogP contribution in [0.4, 0.5) is 18.0 Å². The van der Waals surface area contributed by atoms with Gasteiger partial charge in [-0.05, 0) is 18.4 Å². The Morgan fingerprint density at radius 3 is 2.68 bits per heavy atom. The van der Waals surface area contributed by atoms with Gasteiger partial charge in [0, 0.05) is 19.0 Å². The molecule has 4 nitrogen and oxygen atoms in total. The van der Waals surface area contributed by atoms with Crippen molar-refractivity contribution >= 4 is 6.09 Å². The fourth-order valence-corrected chi connectivity index (χ4v) is 2.51. The van der Waals surface area contributed by atoms with Gasteiger partial charge in [-0.3, -0.25) is 0 Å². The van der Waals surface area contributed by atoms with E-state index in [2.05, 4.69) is 0 Å². The van der Waals surface area contributed by atoms with E-state index in [0.717, 1.165) is 5.56 Å². The second kappa shape index (κ2) is 7.00. The molecule has 1 fully saturated rings. The van der Waals surface area contributed by atoms with Gasteiger partial charge in [-0.1, -0.05) is 30.3 Å². The van der Waals surface area contributed by atoms with Gasteiger partial charge in [0.15, 0.2) is 6.10 Å². The van der Waals surface area contributed by atoms with Gasteiger partial charge in [0.05, 0.1) is 0 Å². The van der Waals surface area contributed by atoms with Gasteiger partial charge < -0.3 is 14.7 Å². The van der Waals surface area contributed by atoms with Crippen molar-refractivity contribution in [2.45, 2.75) is 31.7 Å². The maximum absolute atomic E-state index is 12.5. The molecule has 1 aliphatic rings. The standard InChI is InChI=1S/C15H18F3NO3/c16-15(17,18)13(20)12-7-4-8-19(9-12)14(21)22-10-11-5-2-1-3-6-11/h1-3,5-6,12-13,20H,4,7-10H2. The molecule has 2 atom stereocenters. The predicted octanol–water partition coefficient (Wildman–Crippen LogP) is 2.96. The first kappa shape index (κ1) is 16.6. The number of rotatable bonds is 3. The fourth-order valence-electron chi connectivity index (χ4n) is 2.51. The van der Waals surface area contributed by atoms with Crippen LogP contribution in [0.2, 0.25) is 0 Å². The van der Waals surface area contributed by atoms with Crippen LogP contribution in [0, 0.1) is 5.92 Å². The van der Waals surface area contributed by atoms with E-state index in [0.29, 0.717) is 13.0 Å². The van der Waals surface area contributed by atoms with Crippen molar-refractivity contribution in [3.05, 3.63) is 35.9 Å². The number of alkyl halides is 3. The molecule has 0 aliphatic carbocycles. The van der Waals surface area contributed by atoms with E-state index >= 15 is 0 Å². The third kappa shape index (κ3) is 4.37. The summed E-state index contributed by atoms with van der Waals surface area (Å²) in [6.45, 7) is 0.270. The van der Waals surface area contributed by atoms with Crippen LogP contribution in [0.15, 0.2) is 30.3 Å². The highest BCUT2D eigenvalue weighted by molar-refractivity contribution is 5.67. The van der Waals surface area contributed by atoms with Crippen molar-refractivity contribution in [3.63, 3.8) is 0 Å². The molecule has 1 aliphatic heterocycles. The van der Waals surface area contributed by atoms with Crippen LogP contribution >= 0.6 is 0 Å². The summed E-state index contributed by atoms with van der Waals surface area (Å²) in [6.07, 6.45) is -7.07. The summed E-state index contributed by atoms with van der Waals surface area (Å²) < 4.78 is 42.7. The van der Waals surface area contributed by atoms with Crippen molar-refractivity contribution < 1.29 is 27.8 Å². The van der Waals surface area contributed by atoms with Crippen LogP contribution in [-0.4, -0.2) is 41.5 Å². The number of ether oxygens (including phenoxy) is 1. The Labute approximate surface area is 126 Å². The monoisotopic (exact) mass is 317 g/mol.